The van der Waals surface area contributed by atoms with Crippen LogP contribution in [0.15, 0.2) is 77.4 Å². The molecular weight excluding hydrogens is 390 g/mol. The van der Waals surface area contributed by atoms with E-state index in [0.717, 1.165) is 28.6 Å². The van der Waals surface area contributed by atoms with Crippen LogP contribution in [0.1, 0.15) is 41.1 Å². The third-order valence-corrected chi connectivity index (χ3v) is 5.51. The molecule has 0 radical (unpaired) electrons. The minimum atomic E-state index is 0.00693. The van der Waals surface area contributed by atoms with E-state index in [-0.39, 0.29) is 11.7 Å². The lowest BCUT2D eigenvalue weighted by molar-refractivity contribution is 0.0960. The van der Waals surface area contributed by atoms with Crippen LogP contribution in [-0.2, 0) is 6.42 Å². The van der Waals surface area contributed by atoms with Gasteiger partial charge in [-0.2, -0.15) is 0 Å². The fraction of sp³-hybridized carbons (Fsp3) is 0.200. The van der Waals surface area contributed by atoms with Crippen LogP contribution in [0.4, 0.5) is 11.5 Å². The first kappa shape index (κ1) is 19.2. The molecule has 0 unspecified atom stereocenters. The largest absolute Gasteiger partial charge is 0.494 e. The van der Waals surface area contributed by atoms with Crippen molar-refractivity contribution >= 4 is 17.3 Å². The number of ketones is 1. The van der Waals surface area contributed by atoms with E-state index in [0.29, 0.717) is 30.8 Å². The predicted molar refractivity (Wildman–Crippen MR) is 119 cm³/mol. The van der Waals surface area contributed by atoms with Crippen LogP contribution in [0, 0.1) is 0 Å². The van der Waals surface area contributed by atoms with Gasteiger partial charge in [0.1, 0.15) is 11.5 Å². The van der Waals surface area contributed by atoms with Crippen LogP contribution in [0.3, 0.4) is 0 Å². The van der Waals surface area contributed by atoms with E-state index in [4.69, 9.17) is 14.3 Å². The predicted octanol–water partition coefficient (Wildman–Crippen LogP) is 5.52. The number of hydrogen-bond donors (Lipinski definition) is 1. The number of anilines is 2. The number of para-hydroxylation sites is 1. The van der Waals surface area contributed by atoms with E-state index < -0.39 is 0 Å². The zero-order valence-electron chi connectivity index (χ0n) is 17.2. The molecule has 0 saturated heterocycles. The summed E-state index contributed by atoms with van der Waals surface area (Å²) in [6, 6.07) is 21.4. The lowest BCUT2D eigenvalue weighted by Crippen LogP contribution is -2.20. The standard InChI is InChI=1S/C25H23N3O3/c1-2-30-20-12-10-18(11-13-20)26-25-24-21(28(27-25)19-7-4-3-5-8-19)15-17(16-22(24)29)23-9-6-14-31-23/h3-14,17H,2,15-16H2,1H3,(H,26,27)/t17-/m0/s1. The normalized spacial score (nSPS) is 15.5. The van der Waals surface area contributed by atoms with Crippen LogP contribution < -0.4 is 10.1 Å². The molecular formula is C25H23N3O3. The van der Waals surface area contributed by atoms with Crippen molar-refractivity contribution in [1.82, 2.24) is 9.78 Å². The summed E-state index contributed by atoms with van der Waals surface area (Å²) in [5.41, 5.74) is 3.33. The second-order valence-electron chi connectivity index (χ2n) is 7.54. The summed E-state index contributed by atoms with van der Waals surface area (Å²) in [6.45, 7) is 2.57. The highest BCUT2D eigenvalue weighted by atomic mass is 16.5. The molecule has 0 fully saturated rings. The maximum Gasteiger partial charge on any atom is 0.169 e. The average Bonchev–Trinajstić information content (AvgIpc) is 3.45. The molecule has 5 rings (SSSR count). The summed E-state index contributed by atoms with van der Waals surface area (Å²) in [5, 5.41) is 8.14. The van der Waals surface area contributed by atoms with Gasteiger partial charge in [-0.3, -0.25) is 4.79 Å². The monoisotopic (exact) mass is 413 g/mol. The Hall–Kier alpha value is -3.80. The van der Waals surface area contributed by atoms with Gasteiger partial charge in [-0.1, -0.05) is 18.2 Å². The minimum absolute atomic E-state index is 0.00693. The van der Waals surface area contributed by atoms with E-state index in [1.165, 1.54) is 0 Å². The maximum atomic E-state index is 13.2. The Morgan fingerprint density at radius 3 is 2.58 bits per heavy atom. The Balaban J connectivity index is 1.55. The fourth-order valence-corrected chi connectivity index (χ4v) is 4.10. The number of benzene rings is 2. The molecule has 0 bridgehead atoms. The molecule has 0 aliphatic heterocycles. The van der Waals surface area contributed by atoms with Gasteiger partial charge in [0.2, 0.25) is 0 Å². The van der Waals surface area contributed by atoms with Crippen molar-refractivity contribution in [3.63, 3.8) is 0 Å². The number of nitrogens with zero attached hydrogens (tertiary/aromatic N) is 2. The summed E-state index contributed by atoms with van der Waals surface area (Å²) < 4.78 is 13.0. The first-order chi connectivity index (χ1) is 15.2. The Morgan fingerprint density at radius 2 is 1.87 bits per heavy atom. The van der Waals surface area contributed by atoms with Gasteiger partial charge in [-0.05, 0) is 55.5 Å². The van der Waals surface area contributed by atoms with Crippen LogP contribution >= 0.6 is 0 Å². The number of Topliss-reactive ketones (excluding diaryl/α,β-unsaturated/α-hetero) is 1. The summed E-state index contributed by atoms with van der Waals surface area (Å²) in [5.74, 6) is 2.29. The van der Waals surface area contributed by atoms with E-state index in [2.05, 4.69) is 5.32 Å². The molecule has 0 spiro atoms. The number of carbonyl (C=O) groups excluding carboxylic acids is 1. The van der Waals surface area contributed by atoms with Gasteiger partial charge in [0.05, 0.1) is 29.8 Å². The number of nitrogens with one attached hydrogen (secondary N) is 1. The highest BCUT2D eigenvalue weighted by molar-refractivity contribution is 6.03. The highest BCUT2D eigenvalue weighted by Crippen LogP contribution is 2.38. The quantitative estimate of drug-likeness (QED) is 0.451. The molecule has 0 amide bonds. The van der Waals surface area contributed by atoms with Crippen molar-refractivity contribution in [3.8, 4) is 11.4 Å². The number of fused-ring (bicyclic) bond motifs is 1. The average molecular weight is 413 g/mol. The number of carbonyl (C=O) groups is 1. The summed E-state index contributed by atoms with van der Waals surface area (Å²) in [4.78, 5) is 13.2. The fourth-order valence-electron chi connectivity index (χ4n) is 4.10. The van der Waals surface area contributed by atoms with Crippen molar-refractivity contribution in [2.75, 3.05) is 11.9 Å². The van der Waals surface area contributed by atoms with Crippen molar-refractivity contribution in [2.24, 2.45) is 0 Å². The SMILES string of the molecule is CCOc1ccc(Nc2nn(-c3ccccc3)c3c2C(=O)C[C@@H](c2ccco2)C3)cc1. The Bertz CT molecular complexity index is 1180. The van der Waals surface area contributed by atoms with Crippen LogP contribution in [-0.4, -0.2) is 22.2 Å². The first-order valence-corrected chi connectivity index (χ1v) is 10.5. The zero-order chi connectivity index (χ0) is 21.2. The number of hydrogen-bond acceptors (Lipinski definition) is 5. The van der Waals surface area contributed by atoms with Gasteiger partial charge in [0, 0.05) is 24.4 Å². The maximum absolute atomic E-state index is 13.2. The van der Waals surface area contributed by atoms with Gasteiger partial charge in [-0.25, -0.2) is 4.68 Å². The van der Waals surface area contributed by atoms with Crippen LogP contribution in [0.2, 0.25) is 0 Å². The first-order valence-electron chi connectivity index (χ1n) is 10.5. The Kier molecular flexibility index (Phi) is 5.04. The molecule has 156 valence electrons. The van der Waals surface area contributed by atoms with Crippen LogP contribution in [0.25, 0.3) is 5.69 Å². The highest BCUT2D eigenvalue weighted by Gasteiger charge is 2.34. The molecule has 1 N–H and O–H groups in total. The second-order valence-corrected chi connectivity index (χ2v) is 7.54. The van der Waals surface area contributed by atoms with Crippen LogP contribution in [0.5, 0.6) is 5.75 Å². The molecule has 6 nitrogen and oxygen atoms in total. The lowest BCUT2D eigenvalue weighted by Gasteiger charge is -2.21. The molecule has 6 heteroatoms. The Morgan fingerprint density at radius 1 is 1.06 bits per heavy atom. The van der Waals surface area contributed by atoms with Gasteiger partial charge >= 0.3 is 0 Å². The molecule has 0 saturated carbocycles. The zero-order valence-corrected chi connectivity index (χ0v) is 17.2. The third-order valence-electron chi connectivity index (χ3n) is 5.51. The number of ether oxygens (including phenoxy) is 1. The van der Waals surface area contributed by atoms with Gasteiger partial charge in [-0.15, -0.1) is 5.10 Å². The Labute approximate surface area is 180 Å². The van der Waals surface area contributed by atoms with Crippen molar-refractivity contribution in [2.45, 2.75) is 25.7 Å². The smallest absolute Gasteiger partial charge is 0.169 e. The lowest BCUT2D eigenvalue weighted by atomic mass is 9.85. The number of furan rings is 1. The molecule has 1 atom stereocenters. The van der Waals surface area contributed by atoms with Crippen molar-refractivity contribution in [1.29, 1.82) is 0 Å². The minimum Gasteiger partial charge on any atom is -0.494 e. The van der Waals surface area contributed by atoms with Crippen molar-refractivity contribution in [3.05, 3.63) is 90.0 Å². The van der Waals surface area contributed by atoms with Crippen molar-refractivity contribution < 1.29 is 13.9 Å². The van der Waals surface area contributed by atoms with Gasteiger partial charge in [0.15, 0.2) is 11.6 Å². The molecule has 31 heavy (non-hydrogen) atoms. The van der Waals surface area contributed by atoms with E-state index in [1.807, 2.05) is 78.3 Å². The summed E-state index contributed by atoms with van der Waals surface area (Å²) in [6.07, 6.45) is 2.74. The second kappa shape index (κ2) is 8.14. The molecule has 4 aromatic rings. The van der Waals surface area contributed by atoms with E-state index in [1.54, 1.807) is 6.26 Å². The van der Waals surface area contributed by atoms with E-state index in [9.17, 15) is 4.79 Å². The summed E-state index contributed by atoms with van der Waals surface area (Å²) in [7, 11) is 0. The molecule has 1 aliphatic carbocycles. The van der Waals surface area contributed by atoms with Gasteiger partial charge in [0.25, 0.3) is 0 Å². The molecule has 2 aromatic carbocycles. The van der Waals surface area contributed by atoms with Gasteiger partial charge < -0.3 is 14.5 Å². The number of aromatic nitrogens is 2. The number of rotatable bonds is 6. The van der Waals surface area contributed by atoms with E-state index >= 15 is 0 Å². The molecule has 2 heterocycles. The summed E-state index contributed by atoms with van der Waals surface area (Å²) >= 11 is 0. The topological polar surface area (TPSA) is 69.3 Å². The molecule has 1 aliphatic rings. The third kappa shape index (κ3) is 3.72. The molecule has 2 aromatic heterocycles.